The van der Waals surface area contributed by atoms with E-state index in [1.165, 1.54) is 32.1 Å². The predicted molar refractivity (Wildman–Crippen MR) is 114 cm³/mol. The van der Waals surface area contributed by atoms with Crippen molar-refractivity contribution in [2.75, 3.05) is 11.9 Å². The summed E-state index contributed by atoms with van der Waals surface area (Å²) in [6.07, 6.45) is 6.53. The average Bonchev–Trinajstić information content (AvgIpc) is 2.64. The molecule has 0 radical (unpaired) electrons. The summed E-state index contributed by atoms with van der Waals surface area (Å²) in [5.41, 5.74) is 1.41. The third kappa shape index (κ3) is 7.11. The third-order valence-corrected chi connectivity index (χ3v) is 5.39. The van der Waals surface area contributed by atoms with E-state index in [4.69, 9.17) is 27.9 Å². The van der Waals surface area contributed by atoms with Crippen LogP contribution in [0.4, 0.5) is 0 Å². The van der Waals surface area contributed by atoms with Gasteiger partial charge in [0.2, 0.25) is 0 Å². The van der Waals surface area contributed by atoms with E-state index in [-0.39, 0.29) is 0 Å². The van der Waals surface area contributed by atoms with Gasteiger partial charge in [-0.1, -0.05) is 83.0 Å². The van der Waals surface area contributed by atoms with E-state index in [1.807, 2.05) is 12.1 Å². The van der Waals surface area contributed by atoms with Crippen molar-refractivity contribution >= 4 is 39.1 Å². The van der Waals surface area contributed by atoms with Gasteiger partial charge in [-0.15, -0.1) is 0 Å². The van der Waals surface area contributed by atoms with E-state index in [0.717, 1.165) is 23.1 Å². The molecule has 0 fully saturated rings. The number of halogens is 3. The van der Waals surface area contributed by atoms with Crippen LogP contribution in [0, 0.1) is 0 Å². The van der Waals surface area contributed by atoms with Crippen LogP contribution in [0.1, 0.15) is 55.8 Å². The van der Waals surface area contributed by atoms with Crippen LogP contribution in [-0.4, -0.2) is 17.0 Å². The lowest BCUT2D eigenvalue weighted by Crippen LogP contribution is -2.02. The van der Waals surface area contributed by atoms with Gasteiger partial charge in [-0.3, -0.25) is 0 Å². The smallest absolute Gasteiger partial charge is 0.120 e. The zero-order valence-electron chi connectivity index (χ0n) is 14.8. The maximum absolute atomic E-state index is 10.5. The standard InChI is InChI=1S/C21H25BrCl2O2/c22-13-5-3-1-2-4-6-14-26-18-11-12-19(20(24)15-18)21(25)16-7-9-17(23)10-8-16/h7-12,15,21,25H,1-6,13-14H2. The summed E-state index contributed by atoms with van der Waals surface area (Å²) in [5, 5.41) is 12.8. The molecule has 0 bridgehead atoms. The lowest BCUT2D eigenvalue weighted by atomic mass is 10.0. The second-order valence-electron chi connectivity index (χ2n) is 6.30. The molecule has 0 amide bonds. The van der Waals surface area contributed by atoms with Crippen LogP contribution >= 0.6 is 39.1 Å². The molecule has 2 nitrogen and oxygen atoms in total. The highest BCUT2D eigenvalue weighted by atomic mass is 79.9. The molecule has 1 unspecified atom stereocenters. The molecule has 1 atom stereocenters. The van der Waals surface area contributed by atoms with E-state index in [1.54, 1.807) is 30.3 Å². The van der Waals surface area contributed by atoms with Gasteiger partial charge < -0.3 is 9.84 Å². The van der Waals surface area contributed by atoms with Crippen LogP contribution in [0.25, 0.3) is 0 Å². The molecule has 0 aromatic heterocycles. The first-order valence-corrected chi connectivity index (χ1v) is 10.9. The Bertz CT molecular complexity index is 662. The number of rotatable bonds is 11. The summed E-state index contributed by atoms with van der Waals surface area (Å²) in [6.45, 7) is 0.688. The van der Waals surface area contributed by atoms with Gasteiger partial charge in [-0.05, 0) is 42.7 Å². The lowest BCUT2D eigenvalue weighted by molar-refractivity contribution is 0.220. The molecular weight excluding hydrogens is 435 g/mol. The Balaban J connectivity index is 1.80. The topological polar surface area (TPSA) is 29.5 Å². The van der Waals surface area contributed by atoms with Crippen molar-refractivity contribution in [3.05, 3.63) is 63.6 Å². The fourth-order valence-electron chi connectivity index (χ4n) is 2.74. The van der Waals surface area contributed by atoms with Gasteiger partial charge in [0.05, 0.1) is 11.6 Å². The van der Waals surface area contributed by atoms with E-state index < -0.39 is 6.10 Å². The normalized spacial score (nSPS) is 12.2. The highest BCUT2D eigenvalue weighted by Gasteiger charge is 2.14. The first-order valence-electron chi connectivity index (χ1n) is 9.03. The molecule has 0 aliphatic heterocycles. The third-order valence-electron chi connectivity index (χ3n) is 4.25. The fraction of sp³-hybridized carbons (Fsp3) is 0.429. The lowest BCUT2D eigenvalue weighted by Gasteiger charge is -2.15. The largest absolute Gasteiger partial charge is 0.494 e. The first-order chi connectivity index (χ1) is 12.6. The van der Waals surface area contributed by atoms with E-state index in [9.17, 15) is 5.11 Å². The summed E-state index contributed by atoms with van der Waals surface area (Å²) in [5.74, 6) is 0.737. The van der Waals surface area contributed by atoms with Crippen molar-refractivity contribution in [1.29, 1.82) is 0 Å². The fourth-order valence-corrected chi connectivity index (χ4v) is 3.53. The highest BCUT2D eigenvalue weighted by molar-refractivity contribution is 9.09. The zero-order valence-corrected chi connectivity index (χ0v) is 17.9. The molecule has 2 rings (SSSR count). The summed E-state index contributed by atoms with van der Waals surface area (Å²) in [7, 11) is 0. The SMILES string of the molecule is OC(c1ccc(Cl)cc1)c1ccc(OCCCCCCCCBr)cc1Cl. The molecule has 0 aliphatic rings. The summed E-state index contributed by atoms with van der Waals surface area (Å²) in [6, 6.07) is 12.5. The van der Waals surface area contributed by atoms with Crippen molar-refractivity contribution in [3.63, 3.8) is 0 Å². The first kappa shape index (κ1) is 21.6. The molecule has 142 valence electrons. The molecular formula is C21H25BrCl2O2. The van der Waals surface area contributed by atoms with Crippen LogP contribution in [-0.2, 0) is 0 Å². The monoisotopic (exact) mass is 458 g/mol. The Morgan fingerprint density at radius 3 is 2.19 bits per heavy atom. The van der Waals surface area contributed by atoms with Gasteiger partial charge >= 0.3 is 0 Å². The van der Waals surface area contributed by atoms with Crippen molar-refractivity contribution in [2.24, 2.45) is 0 Å². The Hall–Kier alpha value is -0.740. The van der Waals surface area contributed by atoms with Crippen molar-refractivity contribution in [2.45, 2.75) is 44.6 Å². The average molecular weight is 460 g/mol. The Morgan fingerprint density at radius 2 is 1.54 bits per heavy atom. The summed E-state index contributed by atoms with van der Waals surface area (Å²) in [4.78, 5) is 0. The van der Waals surface area contributed by atoms with E-state index in [2.05, 4.69) is 15.9 Å². The minimum atomic E-state index is -0.784. The van der Waals surface area contributed by atoms with Crippen molar-refractivity contribution in [3.8, 4) is 5.75 Å². The number of ether oxygens (including phenoxy) is 1. The van der Waals surface area contributed by atoms with Gasteiger partial charge in [0.25, 0.3) is 0 Å². The molecule has 0 saturated heterocycles. The quantitative estimate of drug-likeness (QED) is 0.284. The minimum Gasteiger partial charge on any atom is -0.494 e. The molecule has 0 heterocycles. The number of aliphatic hydroxyl groups excluding tert-OH is 1. The molecule has 0 spiro atoms. The van der Waals surface area contributed by atoms with Gasteiger partial charge in [-0.2, -0.15) is 0 Å². The molecule has 2 aromatic rings. The molecule has 1 N–H and O–H groups in total. The van der Waals surface area contributed by atoms with Gasteiger partial charge in [-0.25, -0.2) is 0 Å². The maximum atomic E-state index is 10.5. The molecule has 2 aromatic carbocycles. The number of alkyl halides is 1. The van der Waals surface area contributed by atoms with Crippen LogP contribution < -0.4 is 4.74 Å². The maximum Gasteiger partial charge on any atom is 0.120 e. The van der Waals surface area contributed by atoms with Gasteiger partial charge in [0.15, 0.2) is 0 Å². The number of hydrogen-bond donors (Lipinski definition) is 1. The number of aliphatic hydroxyl groups is 1. The van der Waals surface area contributed by atoms with E-state index in [0.29, 0.717) is 22.2 Å². The Kier molecular flexibility index (Phi) is 9.84. The number of unbranched alkanes of at least 4 members (excludes halogenated alkanes) is 5. The van der Waals surface area contributed by atoms with Gasteiger partial charge in [0.1, 0.15) is 11.9 Å². The Morgan fingerprint density at radius 1 is 0.885 bits per heavy atom. The zero-order chi connectivity index (χ0) is 18.8. The summed E-state index contributed by atoms with van der Waals surface area (Å²) < 4.78 is 5.78. The van der Waals surface area contributed by atoms with Crippen LogP contribution in [0.2, 0.25) is 10.0 Å². The van der Waals surface area contributed by atoms with Gasteiger partial charge in [0, 0.05) is 15.9 Å². The number of hydrogen-bond acceptors (Lipinski definition) is 2. The Labute approximate surface area is 174 Å². The molecule has 0 aliphatic carbocycles. The molecule has 26 heavy (non-hydrogen) atoms. The second-order valence-corrected chi connectivity index (χ2v) is 7.93. The van der Waals surface area contributed by atoms with Crippen LogP contribution in [0.3, 0.4) is 0 Å². The van der Waals surface area contributed by atoms with E-state index >= 15 is 0 Å². The predicted octanol–water partition coefficient (Wildman–Crippen LogP) is 7.19. The van der Waals surface area contributed by atoms with Crippen LogP contribution in [0.5, 0.6) is 5.75 Å². The molecule has 5 heteroatoms. The minimum absolute atomic E-state index is 0.500. The van der Waals surface area contributed by atoms with Crippen LogP contribution in [0.15, 0.2) is 42.5 Å². The van der Waals surface area contributed by atoms with Crippen molar-refractivity contribution in [1.82, 2.24) is 0 Å². The highest BCUT2D eigenvalue weighted by Crippen LogP contribution is 2.31. The summed E-state index contributed by atoms with van der Waals surface area (Å²) >= 11 is 15.7. The molecule has 0 saturated carbocycles. The second kappa shape index (κ2) is 11.9. The number of benzene rings is 2. The van der Waals surface area contributed by atoms with Crippen molar-refractivity contribution < 1.29 is 9.84 Å².